The first-order valence-electron chi connectivity index (χ1n) is 8.20. The van der Waals surface area contributed by atoms with Gasteiger partial charge >= 0.3 is 8.56 Å². The smallest absolute Gasteiger partial charge is 0.334 e. The van der Waals surface area contributed by atoms with Crippen LogP contribution in [0, 0.1) is 0 Å². The van der Waals surface area contributed by atoms with Crippen molar-refractivity contribution in [2.45, 2.75) is 71.3 Å². The molecule has 0 saturated heterocycles. The van der Waals surface area contributed by atoms with Crippen molar-refractivity contribution in [2.75, 3.05) is 27.3 Å². The Kier molecular flexibility index (Phi) is 10.3. The molecule has 0 aromatic heterocycles. The van der Waals surface area contributed by atoms with E-state index in [1.807, 2.05) is 0 Å². The van der Waals surface area contributed by atoms with E-state index in [0.29, 0.717) is 0 Å². The van der Waals surface area contributed by atoms with E-state index in [-0.39, 0.29) is 0 Å². The van der Waals surface area contributed by atoms with Crippen molar-refractivity contribution in [3.8, 4) is 0 Å². The van der Waals surface area contributed by atoms with Crippen molar-refractivity contribution >= 4 is 16.8 Å². The van der Waals surface area contributed by atoms with E-state index >= 15 is 0 Å². The van der Waals surface area contributed by atoms with Crippen LogP contribution in [0.1, 0.15) is 39.5 Å². The van der Waals surface area contributed by atoms with Gasteiger partial charge in [-0.1, -0.05) is 39.8 Å². The van der Waals surface area contributed by atoms with E-state index in [0.717, 1.165) is 6.04 Å². The lowest BCUT2D eigenvalue weighted by molar-refractivity contribution is 0.250. The van der Waals surface area contributed by atoms with Gasteiger partial charge in [-0.15, -0.1) is 0 Å². The Balaban J connectivity index is 4.57. The van der Waals surface area contributed by atoms with Crippen molar-refractivity contribution in [1.29, 1.82) is 0 Å². The Labute approximate surface area is 129 Å². The third-order valence-electron chi connectivity index (χ3n) is 4.47. The molecule has 5 heteroatoms. The van der Waals surface area contributed by atoms with E-state index in [9.17, 15) is 0 Å². The summed E-state index contributed by atoms with van der Waals surface area (Å²) in [4.78, 5) is 0. The summed E-state index contributed by atoms with van der Waals surface area (Å²) in [6.45, 7) is 14.3. The standard InChI is InChI=1S/C15H37NO2Si2/c1-8-10-12-16(13-11-9-2)19(5,6)14-15-20(7,17-3)18-4/h8-15H2,1-7H3. The van der Waals surface area contributed by atoms with Gasteiger partial charge in [0, 0.05) is 14.2 Å². The molecule has 0 radical (unpaired) electrons. The van der Waals surface area contributed by atoms with Crippen molar-refractivity contribution < 1.29 is 8.85 Å². The first-order chi connectivity index (χ1) is 9.35. The summed E-state index contributed by atoms with van der Waals surface area (Å²) in [5.41, 5.74) is 0. The van der Waals surface area contributed by atoms with Crippen LogP contribution < -0.4 is 0 Å². The van der Waals surface area contributed by atoms with Gasteiger partial charge in [0.25, 0.3) is 0 Å². The average molecular weight is 320 g/mol. The van der Waals surface area contributed by atoms with Gasteiger partial charge in [-0.05, 0) is 44.6 Å². The summed E-state index contributed by atoms with van der Waals surface area (Å²) in [6.07, 6.45) is 5.22. The molecule has 0 bridgehead atoms. The first kappa shape index (κ1) is 20.3. The van der Waals surface area contributed by atoms with Crippen molar-refractivity contribution in [1.82, 2.24) is 4.57 Å². The van der Waals surface area contributed by atoms with Crippen LogP contribution in [0.3, 0.4) is 0 Å². The Morgan fingerprint density at radius 1 is 0.800 bits per heavy atom. The fourth-order valence-electron chi connectivity index (χ4n) is 2.39. The Hall–Kier alpha value is 0.314. The zero-order chi connectivity index (χ0) is 15.6. The van der Waals surface area contributed by atoms with E-state index in [1.54, 1.807) is 14.2 Å². The Morgan fingerprint density at radius 3 is 1.60 bits per heavy atom. The lowest BCUT2D eigenvalue weighted by Gasteiger charge is -2.38. The minimum Gasteiger partial charge on any atom is -0.398 e. The van der Waals surface area contributed by atoms with Crippen molar-refractivity contribution in [2.24, 2.45) is 0 Å². The molecule has 0 aliphatic carbocycles. The average Bonchev–Trinajstić information content (AvgIpc) is 2.44. The monoisotopic (exact) mass is 319 g/mol. The van der Waals surface area contributed by atoms with E-state index in [1.165, 1.54) is 44.8 Å². The molecular weight excluding hydrogens is 282 g/mol. The number of nitrogens with zero attached hydrogens (tertiary/aromatic N) is 1. The highest BCUT2D eigenvalue weighted by Gasteiger charge is 2.35. The molecule has 0 fully saturated rings. The number of unbranched alkanes of at least 4 members (excludes halogenated alkanes) is 2. The van der Waals surface area contributed by atoms with Gasteiger partial charge in [0.2, 0.25) is 0 Å². The number of rotatable bonds is 12. The maximum atomic E-state index is 5.64. The van der Waals surface area contributed by atoms with Crippen molar-refractivity contribution in [3.05, 3.63) is 0 Å². The molecule has 20 heavy (non-hydrogen) atoms. The van der Waals surface area contributed by atoms with Crippen LogP contribution in [0.15, 0.2) is 0 Å². The number of hydrogen-bond acceptors (Lipinski definition) is 3. The van der Waals surface area contributed by atoms with Crippen LogP contribution in [0.2, 0.25) is 31.7 Å². The van der Waals surface area contributed by atoms with Gasteiger partial charge in [-0.25, -0.2) is 0 Å². The van der Waals surface area contributed by atoms with Crippen LogP contribution in [0.5, 0.6) is 0 Å². The highest BCUT2D eigenvalue weighted by Crippen LogP contribution is 2.24. The second-order valence-electron chi connectivity index (χ2n) is 6.55. The van der Waals surface area contributed by atoms with Gasteiger partial charge in [0.05, 0.1) is 0 Å². The molecule has 0 N–H and O–H groups in total. The molecule has 0 rings (SSSR count). The lowest BCUT2D eigenvalue weighted by atomic mass is 10.3. The van der Waals surface area contributed by atoms with Gasteiger partial charge in [0.1, 0.15) is 8.24 Å². The topological polar surface area (TPSA) is 21.7 Å². The van der Waals surface area contributed by atoms with Crippen LogP contribution >= 0.6 is 0 Å². The predicted octanol–water partition coefficient (Wildman–Crippen LogP) is 4.46. The maximum absolute atomic E-state index is 5.64. The van der Waals surface area contributed by atoms with Crippen molar-refractivity contribution in [3.63, 3.8) is 0 Å². The number of hydrogen-bond donors (Lipinski definition) is 0. The molecule has 0 aliphatic heterocycles. The first-order valence-corrected chi connectivity index (χ1v) is 13.9. The summed E-state index contributed by atoms with van der Waals surface area (Å²) in [7, 11) is 0.355. The maximum Gasteiger partial charge on any atom is 0.334 e. The molecule has 0 heterocycles. The highest BCUT2D eigenvalue weighted by atomic mass is 28.4. The SMILES string of the molecule is CCCCN(CCCC)[Si](C)(C)CC[Si](C)(OC)OC. The largest absolute Gasteiger partial charge is 0.398 e. The molecule has 0 aliphatic rings. The molecular formula is C15H37NO2Si2. The Morgan fingerprint density at radius 2 is 1.25 bits per heavy atom. The minimum absolute atomic E-state index is 1.12. The molecule has 0 saturated carbocycles. The minimum atomic E-state index is -1.91. The molecule has 3 nitrogen and oxygen atoms in total. The van der Waals surface area contributed by atoms with E-state index < -0.39 is 16.8 Å². The summed E-state index contributed by atoms with van der Waals surface area (Å²) in [5.74, 6) is 0. The van der Waals surface area contributed by atoms with Gasteiger partial charge < -0.3 is 13.4 Å². The molecule has 0 spiro atoms. The molecule has 0 unspecified atom stereocenters. The van der Waals surface area contributed by atoms with Crippen LogP contribution in [-0.2, 0) is 8.85 Å². The summed E-state index contributed by atoms with van der Waals surface area (Å²) in [6, 6.07) is 2.40. The van der Waals surface area contributed by atoms with Crippen LogP contribution in [0.4, 0.5) is 0 Å². The normalized spacial score (nSPS) is 13.2. The van der Waals surface area contributed by atoms with Gasteiger partial charge in [0.15, 0.2) is 0 Å². The predicted molar refractivity (Wildman–Crippen MR) is 94.1 cm³/mol. The van der Waals surface area contributed by atoms with Crippen LogP contribution in [-0.4, -0.2) is 48.7 Å². The summed E-state index contributed by atoms with van der Waals surface area (Å²) in [5, 5.41) is 0. The summed E-state index contributed by atoms with van der Waals surface area (Å²) >= 11 is 0. The molecule has 0 atom stereocenters. The molecule has 122 valence electrons. The molecule has 0 aromatic carbocycles. The third-order valence-corrected chi connectivity index (χ3v) is 11.5. The zero-order valence-corrected chi connectivity index (χ0v) is 16.9. The second kappa shape index (κ2) is 10.1. The molecule has 0 aromatic rings. The van der Waals surface area contributed by atoms with Gasteiger partial charge in [-0.3, -0.25) is 0 Å². The summed E-state index contributed by atoms with van der Waals surface area (Å²) < 4.78 is 14.1. The second-order valence-corrected chi connectivity index (χ2v) is 14.9. The highest BCUT2D eigenvalue weighted by molar-refractivity contribution is 6.77. The van der Waals surface area contributed by atoms with Crippen LogP contribution in [0.25, 0.3) is 0 Å². The quantitative estimate of drug-likeness (QED) is 0.496. The van der Waals surface area contributed by atoms with E-state index in [2.05, 4.69) is 38.1 Å². The van der Waals surface area contributed by atoms with E-state index in [4.69, 9.17) is 8.85 Å². The fraction of sp³-hybridized carbons (Fsp3) is 1.00. The lowest BCUT2D eigenvalue weighted by Crippen LogP contribution is -2.51. The zero-order valence-electron chi connectivity index (χ0n) is 14.9. The third kappa shape index (κ3) is 7.36. The fourth-order valence-corrected chi connectivity index (χ4v) is 9.08. The van der Waals surface area contributed by atoms with Gasteiger partial charge in [-0.2, -0.15) is 0 Å². The Bertz CT molecular complexity index is 238. The molecule has 0 amide bonds.